The number of carboxylic acid groups (broad SMARTS) is 1. The lowest BCUT2D eigenvalue weighted by molar-refractivity contribution is -0.137. The molecule has 0 heterocycles. The molecule has 0 saturated heterocycles. The van der Waals surface area contributed by atoms with E-state index in [1.165, 1.54) is 6.42 Å². The van der Waals surface area contributed by atoms with E-state index in [0.717, 1.165) is 51.4 Å². The summed E-state index contributed by atoms with van der Waals surface area (Å²) in [7, 11) is -3.19. The van der Waals surface area contributed by atoms with Gasteiger partial charge in [-0.15, -0.1) is 0 Å². The molecular weight excluding hydrogens is 350 g/mol. The van der Waals surface area contributed by atoms with E-state index >= 15 is 0 Å². The first-order valence-electron chi connectivity index (χ1n) is 10.3. The van der Waals surface area contributed by atoms with Crippen LogP contribution < -0.4 is 4.72 Å². The van der Waals surface area contributed by atoms with E-state index < -0.39 is 16.0 Å². The first-order chi connectivity index (χ1) is 12.4. The molecule has 6 heteroatoms. The highest BCUT2D eigenvalue weighted by Crippen LogP contribution is 2.50. The van der Waals surface area contributed by atoms with Crippen LogP contribution in [0.5, 0.6) is 0 Å². The number of rotatable bonds is 13. The fourth-order valence-corrected chi connectivity index (χ4v) is 6.14. The van der Waals surface area contributed by atoms with Crippen LogP contribution in [0.25, 0.3) is 0 Å². The number of carbonyl (C=O) groups is 1. The Hall–Kier alpha value is -0.880. The lowest BCUT2D eigenvalue weighted by atomic mass is 9.83. The van der Waals surface area contributed by atoms with Crippen molar-refractivity contribution >= 4 is 16.0 Å². The highest BCUT2D eigenvalue weighted by Gasteiger charge is 2.47. The molecule has 2 N–H and O–H groups in total. The molecule has 2 fully saturated rings. The number of nitrogens with one attached hydrogen (secondary N) is 1. The van der Waals surface area contributed by atoms with Crippen molar-refractivity contribution in [3.63, 3.8) is 0 Å². The van der Waals surface area contributed by atoms with Crippen LogP contribution in [0.3, 0.4) is 0 Å². The molecule has 2 rings (SSSR count). The van der Waals surface area contributed by atoms with Gasteiger partial charge in [0.05, 0.1) is 5.75 Å². The fraction of sp³-hybridized carbons (Fsp3) is 0.850. The smallest absolute Gasteiger partial charge is 0.303 e. The Labute approximate surface area is 158 Å². The van der Waals surface area contributed by atoms with Crippen LogP contribution >= 0.6 is 0 Å². The topological polar surface area (TPSA) is 83.5 Å². The van der Waals surface area contributed by atoms with Gasteiger partial charge in [-0.3, -0.25) is 4.79 Å². The van der Waals surface area contributed by atoms with Gasteiger partial charge in [-0.05, 0) is 62.7 Å². The standard InChI is InChI=1S/C20H35NO4S/c1-2-3-4-9-14-26(24,25)21-20-17-13-12-16(15-17)18(20)10-7-5-6-8-11-19(22)23/h5,7,16-18,20-21H,2-4,6,8-15H2,1H3,(H,22,23). The summed E-state index contributed by atoms with van der Waals surface area (Å²) in [6.45, 7) is 2.13. The van der Waals surface area contributed by atoms with Crippen LogP contribution in [-0.2, 0) is 14.8 Å². The van der Waals surface area contributed by atoms with Crippen LogP contribution in [0, 0.1) is 17.8 Å². The second-order valence-corrected chi connectivity index (χ2v) is 9.89. The van der Waals surface area contributed by atoms with Crippen molar-refractivity contribution in [2.24, 2.45) is 17.8 Å². The van der Waals surface area contributed by atoms with Crippen molar-refractivity contribution in [3.8, 4) is 0 Å². The summed E-state index contributed by atoms with van der Waals surface area (Å²) < 4.78 is 28.0. The molecule has 0 aromatic carbocycles. The number of sulfonamides is 1. The van der Waals surface area contributed by atoms with Crippen molar-refractivity contribution in [2.75, 3.05) is 5.75 Å². The first-order valence-corrected chi connectivity index (χ1v) is 11.9. The van der Waals surface area contributed by atoms with E-state index in [1.807, 2.05) is 0 Å². The number of unbranched alkanes of at least 4 members (excludes halogenated alkanes) is 4. The Morgan fingerprint density at radius 1 is 1.12 bits per heavy atom. The molecule has 150 valence electrons. The number of carboxylic acids is 1. The molecule has 4 atom stereocenters. The van der Waals surface area contributed by atoms with E-state index in [1.54, 1.807) is 0 Å². The first kappa shape index (κ1) is 21.4. The van der Waals surface area contributed by atoms with E-state index in [0.29, 0.717) is 24.2 Å². The fourth-order valence-electron chi connectivity index (χ4n) is 4.66. The molecule has 0 aliphatic heterocycles. The Bertz CT molecular complexity index is 572. The zero-order valence-electron chi connectivity index (χ0n) is 16.0. The van der Waals surface area contributed by atoms with Crippen LogP contribution in [0.2, 0.25) is 0 Å². The van der Waals surface area contributed by atoms with Crippen molar-refractivity contribution < 1.29 is 18.3 Å². The largest absolute Gasteiger partial charge is 0.481 e. The number of hydrogen-bond acceptors (Lipinski definition) is 3. The van der Waals surface area contributed by atoms with Crippen molar-refractivity contribution in [1.82, 2.24) is 4.72 Å². The summed E-state index contributed by atoms with van der Waals surface area (Å²) in [5.41, 5.74) is 0. The number of hydrogen-bond donors (Lipinski definition) is 2. The van der Waals surface area contributed by atoms with Crippen LogP contribution in [0.4, 0.5) is 0 Å². The molecule has 4 unspecified atom stereocenters. The average molecular weight is 386 g/mol. The van der Waals surface area contributed by atoms with Gasteiger partial charge in [0.25, 0.3) is 0 Å². The second kappa shape index (κ2) is 10.5. The van der Waals surface area contributed by atoms with Gasteiger partial charge in [-0.25, -0.2) is 13.1 Å². The van der Waals surface area contributed by atoms with E-state index in [-0.39, 0.29) is 18.2 Å². The molecule has 2 bridgehead atoms. The highest BCUT2D eigenvalue weighted by molar-refractivity contribution is 7.89. The zero-order chi connectivity index (χ0) is 19.0. The predicted octanol–water partition coefficient (Wildman–Crippen LogP) is 4.10. The summed E-state index contributed by atoms with van der Waals surface area (Å²) in [6, 6.07) is 0.0913. The minimum absolute atomic E-state index is 0.0913. The molecule has 0 aromatic heterocycles. The van der Waals surface area contributed by atoms with Gasteiger partial charge in [0.1, 0.15) is 0 Å². The molecule has 2 aliphatic rings. The predicted molar refractivity (Wildman–Crippen MR) is 104 cm³/mol. The van der Waals surface area contributed by atoms with Crippen LogP contribution in [-0.4, -0.2) is 31.3 Å². The molecule has 2 saturated carbocycles. The SMILES string of the molecule is CCCCCCS(=O)(=O)NC1C2CCC(C2)C1CC=CCCCC(=O)O. The number of allylic oxidation sites excluding steroid dienone is 2. The van der Waals surface area contributed by atoms with Gasteiger partial charge in [0.15, 0.2) is 0 Å². The maximum atomic E-state index is 12.5. The maximum Gasteiger partial charge on any atom is 0.303 e. The van der Waals surface area contributed by atoms with Gasteiger partial charge in [0.2, 0.25) is 10.0 Å². The van der Waals surface area contributed by atoms with Crippen molar-refractivity contribution in [1.29, 1.82) is 0 Å². The molecule has 0 aromatic rings. The third-order valence-corrected chi connectivity index (χ3v) is 7.46. The zero-order valence-corrected chi connectivity index (χ0v) is 16.8. The highest BCUT2D eigenvalue weighted by atomic mass is 32.2. The van der Waals surface area contributed by atoms with Gasteiger partial charge < -0.3 is 5.11 Å². The van der Waals surface area contributed by atoms with Crippen molar-refractivity contribution in [3.05, 3.63) is 12.2 Å². The quantitative estimate of drug-likeness (QED) is 0.369. The molecule has 26 heavy (non-hydrogen) atoms. The molecule has 0 spiro atoms. The monoisotopic (exact) mass is 385 g/mol. The third kappa shape index (κ3) is 6.69. The van der Waals surface area contributed by atoms with E-state index in [2.05, 4.69) is 23.8 Å². The Kier molecular flexibility index (Phi) is 8.61. The van der Waals surface area contributed by atoms with Crippen LogP contribution in [0.1, 0.15) is 77.6 Å². The normalized spacial score (nSPS) is 28.2. The van der Waals surface area contributed by atoms with Gasteiger partial charge in [-0.2, -0.15) is 0 Å². The number of fused-ring (bicyclic) bond motifs is 2. The minimum atomic E-state index is -3.19. The number of aliphatic carboxylic acids is 1. The summed E-state index contributed by atoms with van der Waals surface area (Å²) in [5, 5.41) is 8.66. The van der Waals surface area contributed by atoms with E-state index in [9.17, 15) is 13.2 Å². The van der Waals surface area contributed by atoms with E-state index in [4.69, 9.17) is 5.11 Å². The summed E-state index contributed by atoms with van der Waals surface area (Å²) >= 11 is 0. The Morgan fingerprint density at radius 2 is 1.88 bits per heavy atom. The van der Waals surface area contributed by atoms with Gasteiger partial charge in [-0.1, -0.05) is 38.3 Å². The molecule has 0 radical (unpaired) electrons. The maximum absolute atomic E-state index is 12.5. The second-order valence-electron chi connectivity index (χ2n) is 8.01. The van der Waals surface area contributed by atoms with Crippen LogP contribution in [0.15, 0.2) is 12.2 Å². The molecule has 5 nitrogen and oxygen atoms in total. The lowest BCUT2D eigenvalue weighted by Gasteiger charge is -2.31. The average Bonchev–Trinajstić information content (AvgIpc) is 3.16. The van der Waals surface area contributed by atoms with Gasteiger partial charge >= 0.3 is 5.97 Å². The van der Waals surface area contributed by atoms with Gasteiger partial charge in [0, 0.05) is 12.5 Å². The van der Waals surface area contributed by atoms with Crippen molar-refractivity contribution in [2.45, 2.75) is 83.6 Å². The third-order valence-electron chi connectivity index (χ3n) is 6.01. The lowest BCUT2D eigenvalue weighted by Crippen LogP contribution is -2.44. The molecular formula is C20H35NO4S. The summed E-state index contributed by atoms with van der Waals surface area (Å²) in [5.74, 6) is 1.03. The Balaban J connectivity index is 1.82. The summed E-state index contributed by atoms with van der Waals surface area (Å²) in [4.78, 5) is 10.5. The summed E-state index contributed by atoms with van der Waals surface area (Å²) in [6.07, 6.45) is 14.2. The molecule has 0 amide bonds. The molecule has 2 aliphatic carbocycles. The minimum Gasteiger partial charge on any atom is -0.481 e. The Morgan fingerprint density at radius 3 is 2.62 bits per heavy atom.